The van der Waals surface area contributed by atoms with E-state index in [-0.39, 0.29) is 11.9 Å². The van der Waals surface area contributed by atoms with Gasteiger partial charge in [-0.15, -0.1) is 0 Å². The molecule has 1 aromatic carbocycles. The van der Waals surface area contributed by atoms with Gasteiger partial charge < -0.3 is 14.2 Å². The lowest BCUT2D eigenvalue weighted by Crippen LogP contribution is -2.34. The van der Waals surface area contributed by atoms with Crippen LogP contribution in [0.2, 0.25) is 0 Å². The Morgan fingerprint density at radius 1 is 1.26 bits per heavy atom. The molecule has 5 nitrogen and oxygen atoms in total. The molecule has 2 aromatic heterocycles. The number of aryl methyl sites for hydroxylation is 1. The van der Waals surface area contributed by atoms with Crippen molar-refractivity contribution in [1.82, 2.24) is 10.3 Å². The highest BCUT2D eigenvalue weighted by Crippen LogP contribution is 2.24. The van der Waals surface area contributed by atoms with E-state index >= 15 is 0 Å². The van der Waals surface area contributed by atoms with Gasteiger partial charge in [0, 0.05) is 18.0 Å². The van der Waals surface area contributed by atoms with E-state index in [1.54, 1.807) is 6.26 Å². The summed E-state index contributed by atoms with van der Waals surface area (Å²) in [4.78, 5) is 16.5. The van der Waals surface area contributed by atoms with Crippen molar-refractivity contribution in [2.24, 2.45) is 0 Å². The summed E-state index contributed by atoms with van der Waals surface area (Å²) in [5, 5.41) is 2.92. The van der Waals surface area contributed by atoms with E-state index in [1.807, 2.05) is 50.2 Å². The van der Waals surface area contributed by atoms with Crippen molar-refractivity contribution in [3.05, 3.63) is 66.1 Å². The lowest BCUT2D eigenvalue weighted by molar-refractivity contribution is 0.0935. The summed E-state index contributed by atoms with van der Waals surface area (Å²) in [6.45, 7) is 3.91. The van der Waals surface area contributed by atoms with Gasteiger partial charge in [0.1, 0.15) is 5.76 Å². The van der Waals surface area contributed by atoms with Crippen LogP contribution < -0.4 is 5.32 Å². The molecule has 0 spiro atoms. The van der Waals surface area contributed by atoms with Gasteiger partial charge in [-0.2, -0.15) is 0 Å². The fraction of sp³-hybridized carbons (Fsp3) is 0.222. The molecular weight excluding hydrogens is 292 g/mol. The van der Waals surface area contributed by atoms with Crippen molar-refractivity contribution in [1.29, 1.82) is 0 Å². The molecule has 3 rings (SSSR count). The highest BCUT2D eigenvalue weighted by atomic mass is 16.3. The summed E-state index contributed by atoms with van der Waals surface area (Å²) in [7, 11) is 0. The van der Waals surface area contributed by atoms with Crippen molar-refractivity contribution in [3.8, 4) is 11.3 Å². The third kappa shape index (κ3) is 3.51. The highest BCUT2D eigenvalue weighted by molar-refractivity contribution is 5.97. The Bertz CT molecular complexity index is 790. The van der Waals surface area contributed by atoms with E-state index in [4.69, 9.17) is 8.83 Å². The monoisotopic (exact) mass is 310 g/mol. The number of nitrogens with zero attached hydrogens (tertiary/aromatic N) is 1. The average molecular weight is 310 g/mol. The van der Waals surface area contributed by atoms with E-state index in [0.717, 1.165) is 16.9 Å². The molecule has 0 bridgehead atoms. The van der Waals surface area contributed by atoms with Crippen molar-refractivity contribution in [2.75, 3.05) is 0 Å². The molecule has 0 aliphatic rings. The summed E-state index contributed by atoms with van der Waals surface area (Å²) in [5.74, 6) is 1.06. The third-order valence-electron chi connectivity index (χ3n) is 3.53. The van der Waals surface area contributed by atoms with Gasteiger partial charge in [0.2, 0.25) is 0 Å². The second kappa shape index (κ2) is 6.52. The van der Waals surface area contributed by atoms with Gasteiger partial charge in [-0.05, 0) is 32.0 Å². The number of rotatable bonds is 5. The summed E-state index contributed by atoms with van der Waals surface area (Å²) in [6, 6.07) is 11.4. The van der Waals surface area contributed by atoms with E-state index in [9.17, 15) is 4.79 Å². The number of oxazole rings is 1. The molecule has 0 aliphatic heterocycles. The molecule has 118 valence electrons. The molecule has 0 aliphatic carbocycles. The summed E-state index contributed by atoms with van der Waals surface area (Å²) < 4.78 is 10.7. The maximum Gasteiger partial charge on any atom is 0.274 e. The molecule has 2 heterocycles. The van der Waals surface area contributed by atoms with Gasteiger partial charge >= 0.3 is 0 Å². The predicted molar refractivity (Wildman–Crippen MR) is 86.0 cm³/mol. The fourth-order valence-corrected chi connectivity index (χ4v) is 2.47. The first-order valence-electron chi connectivity index (χ1n) is 7.47. The SMILES string of the molecule is Cc1cccc(-c2ocnc2C(=O)NC(C)Cc2ccco2)c1. The minimum atomic E-state index is -0.255. The van der Waals surface area contributed by atoms with Crippen LogP contribution in [0.5, 0.6) is 0 Å². The summed E-state index contributed by atoms with van der Waals surface area (Å²) in [6.07, 6.45) is 3.54. The standard InChI is InChI=1S/C18H18N2O3/c1-12-5-3-6-14(9-12)17-16(19-11-23-17)18(21)20-13(2)10-15-7-4-8-22-15/h3-9,11,13H,10H2,1-2H3,(H,20,21). The smallest absolute Gasteiger partial charge is 0.274 e. The minimum absolute atomic E-state index is 0.0734. The molecule has 3 aromatic rings. The Morgan fingerprint density at radius 2 is 2.13 bits per heavy atom. The first kappa shape index (κ1) is 15.1. The predicted octanol–water partition coefficient (Wildman–Crippen LogP) is 3.60. The second-order valence-electron chi connectivity index (χ2n) is 5.56. The molecule has 0 saturated carbocycles. The Hall–Kier alpha value is -2.82. The zero-order valence-corrected chi connectivity index (χ0v) is 13.1. The Labute approximate surface area is 134 Å². The van der Waals surface area contributed by atoms with Crippen LogP contribution in [0.3, 0.4) is 0 Å². The van der Waals surface area contributed by atoms with Crippen molar-refractivity contribution in [3.63, 3.8) is 0 Å². The molecule has 1 amide bonds. The topological polar surface area (TPSA) is 68.3 Å². The molecule has 1 atom stereocenters. The fourth-order valence-electron chi connectivity index (χ4n) is 2.47. The van der Waals surface area contributed by atoms with Crippen LogP contribution in [0.4, 0.5) is 0 Å². The van der Waals surface area contributed by atoms with Crippen LogP contribution in [0, 0.1) is 6.92 Å². The molecule has 0 fully saturated rings. The van der Waals surface area contributed by atoms with E-state index in [2.05, 4.69) is 10.3 Å². The second-order valence-corrected chi connectivity index (χ2v) is 5.56. The lowest BCUT2D eigenvalue weighted by atomic mass is 10.1. The van der Waals surface area contributed by atoms with Crippen molar-refractivity contribution >= 4 is 5.91 Å². The van der Waals surface area contributed by atoms with Gasteiger partial charge in [-0.3, -0.25) is 4.79 Å². The number of aromatic nitrogens is 1. The number of amides is 1. The summed E-state index contributed by atoms with van der Waals surface area (Å²) in [5.41, 5.74) is 2.23. The highest BCUT2D eigenvalue weighted by Gasteiger charge is 2.20. The van der Waals surface area contributed by atoms with Crippen LogP contribution >= 0.6 is 0 Å². The number of hydrogen-bond acceptors (Lipinski definition) is 4. The Balaban J connectivity index is 1.74. The van der Waals surface area contributed by atoms with Gasteiger partial charge in [0.25, 0.3) is 5.91 Å². The average Bonchev–Trinajstić information content (AvgIpc) is 3.17. The molecule has 0 saturated heterocycles. The van der Waals surface area contributed by atoms with Crippen molar-refractivity contribution < 1.29 is 13.6 Å². The van der Waals surface area contributed by atoms with E-state index < -0.39 is 0 Å². The molecular formula is C18H18N2O3. The van der Waals surface area contributed by atoms with Crippen LogP contribution in [-0.2, 0) is 6.42 Å². The van der Waals surface area contributed by atoms with Gasteiger partial charge in [-0.1, -0.05) is 23.8 Å². The molecule has 5 heteroatoms. The third-order valence-corrected chi connectivity index (χ3v) is 3.53. The molecule has 1 unspecified atom stereocenters. The largest absolute Gasteiger partial charge is 0.469 e. The zero-order chi connectivity index (χ0) is 16.2. The van der Waals surface area contributed by atoms with Crippen LogP contribution in [0.15, 0.2) is 57.9 Å². The van der Waals surface area contributed by atoms with Gasteiger partial charge in [0.15, 0.2) is 17.8 Å². The number of benzene rings is 1. The van der Waals surface area contributed by atoms with Gasteiger partial charge in [0.05, 0.1) is 6.26 Å². The number of carbonyl (C=O) groups excluding carboxylic acids is 1. The first-order chi connectivity index (χ1) is 11.1. The Kier molecular flexibility index (Phi) is 4.28. The lowest BCUT2D eigenvalue weighted by Gasteiger charge is -2.12. The van der Waals surface area contributed by atoms with E-state index in [1.165, 1.54) is 6.39 Å². The molecule has 0 radical (unpaired) electrons. The van der Waals surface area contributed by atoms with E-state index in [0.29, 0.717) is 17.9 Å². The number of nitrogens with one attached hydrogen (secondary N) is 1. The Morgan fingerprint density at radius 3 is 2.87 bits per heavy atom. The molecule has 1 N–H and O–H groups in total. The maximum absolute atomic E-state index is 12.5. The number of furan rings is 1. The molecule has 23 heavy (non-hydrogen) atoms. The quantitative estimate of drug-likeness (QED) is 0.781. The first-order valence-corrected chi connectivity index (χ1v) is 7.47. The number of hydrogen-bond donors (Lipinski definition) is 1. The van der Waals surface area contributed by atoms with Gasteiger partial charge in [-0.25, -0.2) is 4.98 Å². The van der Waals surface area contributed by atoms with Crippen LogP contribution in [-0.4, -0.2) is 16.9 Å². The van der Waals surface area contributed by atoms with Crippen LogP contribution in [0.25, 0.3) is 11.3 Å². The number of carbonyl (C=O) groups is 1. The minimum Gasteiger partial charge on any atom is -0.469 e. The van der Waals surface area contributed by atoms with Crippen LogP contribution in [0.1, 0.15) is 28.7 Å². The normalized spacial score (nSPS) is 12.1. The zero-order valence-electron chi connectivity index (χ0n) is 13.1. The van der Waals surface area contributed by atoms with Crippen molar-refractivity contribution in [2.45, 2.75) is 26.3 Å². The summed E-state index contributed by atoms with van der Waals surface area (Å²) >= 11 is 0. The maximum atomic E-state index is 12.5.